The van der Waals surface area contributed by atoms with Crippen LogP contribution in [0, 0.1) is 0 Å². The Morgan fingerprint density at radius 1 is 1.04 bits per heavy atom. The molecule has 0 bridgehead atoms. The summed E-state index contributed by atoms with van der Waals surface area (Å²) in [6, 6.07) is 16.5. The minimum absolute atomic E-state index is 0.755. The SMILES string of the molecule is CCc1nccn1Cc1ccc(/C=C/c2ccccc2)cc1Cl. The highest BCUT2D eigenvalue weighted by Crippen LogP contribution is 2.21. The molecule has 0 aliphatic rings. The zero-order chi connectivity index (χ0) is 16.1. The van der Waals surface area contributed by atoms with Crippen molar-refractivity contribution in [2.75, 3.05) is 0 Å². The number of benzene rings is 2. The number of rotatable bonds is 5. The summed E-state index contributed by atoms with van der Waals surface area (Å²) in [5.41, 5.74) is 3.39. The fourth-order valence-electron chi connectivity index (χ4n) is 2.53. The number of hydrogen-bond donors (Lipinski definition) is 0. The number of aryl methyl sites for hydroxylation is 1. The van der Waals surface area contributed by atoms with Crippen LogP contribution in [0.3, 0.4) is 0 Å². The molecular formula is C20H19ClN2. The van der Waals surface area contributed by atoms with Crippen molar-refractivity contribution in [1.29, 1.82) is 0 Å². The van der Waals surface area contributed by atoms with E-state index in [0.29, 0.717) is 0 Å². The fraction of sp³-hybridized carbons (Fsp3) is 0.150. The molecule has 3 aromatic rings. The van der Waals surface area contributed by atoms with Crippen LogP contribution < -0.4 is 0 Å². The third-order valence-electron chi connectivity index (χ3n) is 3.80. The molecule has 0 aliphatic carbocycles. The lowest BCUT2D eigenvalue weighted by molar-refractivity contribution is 0.732. The molecule has 116 valence electrons. The van der Waals surface area contributed by atoms with Crippen LogP contribution in [0.4, 0.5) is 0 Å². The van der Waals surface area contributed by atoms with Crippen molar-refractivity contribution in [3.05, 3.63) is 88.5 Å². The molecule has 0 fully saturated rings. The quantitative estimate of drug-likeness (QED) is 0.581. The highest BCUT2D eigenvalue weighted by atomic mass is 35.5. The van der Waals surface area contributed by atoms with Crippen molar-refractivity contribution in [2.24, 2.45) is 0 Å². The molecule has 1 aromatic heterocycles. The Labute approximate surface area is 142 Å². The fourth-order valence-corrected chi connectivity index (χ4v) is 2.78. The van der Waals surface area contributed by atoms with Crippen LogP contribution in [0.1, 0.15) is 29.4 Å². The summed E-state index contributed by atoms with van der Waals surface area (Å²) in [6.45, 7) is 2.86. The second kappa shape index (κ2) is 7.30. The van der Waals surface area contributed by atoms with Gasteiger partial charge in [0, 0.05) is 23.8 Å². The smallest absolute Gasteiger partial charge is 0.108 e. The van der Waals surface area contributed by atoms with Gasteiger partial charge in [-0.2, -0.15) is 0 Å². The van der Waals surface area contributed by atoms with Crippen molar-refractivity contribution in [3.63, 3.8) is 0 Å². The lowest BCUT2D eigenvalue weighted by atomic mass is 10.1. The molecule has 0 radical (unpaired) electrons. The highest BCUT2D eigenvalue weighted by Gasteiger charge is 2.05. The van der Waals surface area contributed by atoms with Crippen molar-refractivity contribution in [1.82, 2.24) is 9.55 Å². The molecule has 0 amide bonds. The van der Waals surface area contributed by atoms with E-state index in [2.05, 4.69) is 52.9 Å². The molecule has 0 unspecified atom stereocenters. The topological polar surface area (TPSA) is 17.8 Å². The molecule has 23 heavy (non-hydrogen) atoms. The maximum absolute atomic E-state index is 6.46. The number of imidazole rings is 1. The van der Waals surface area contributed by atoms with Crippen LogP contribution in [0.15, 0.2) is 60.9 Å². The van der Waals surface area contributed by atoms with Crippen molar-refractivity contribution in [2.45, 2.75) is 19.9 Å². The Balaban J connectivity index is 1.77. The van der Waals surface area contributed by atoms with Crippen LogP contribution in [0.5, 0.6) is 0 Å². The molecule has 3 heteroatoms. The predicted molar refractivity (Wildman–Crippen MR) is 97.5 cm³/mol. The third kappa shape index (κ3) is 3.91. The van der Waals surface area contributed by atoms with Gasteiger partial charge in [0.25, 0.3) is 0 Å². The Hall–Kier alpha value is -2.32. The van der Waals surface area contributed by atoms with Crippen LogP contribution in [-0.2, 0) is 13.0 Å². The van der Waals surface area contributed by atoms with Crippen LogP contribution in [0.2, 0.25) is 5.02 Å². The van der Waals surface area contributed by atoms with Crippen molar-refractivity contribution < 1.29 is 0 Å². The first-order valence-corrected chi connectivity index (χ1v) is 8.15. The second-order valence-corrected chi connectivity index (χ2v) is 5.83. The molecule has 0 atom stereocenters. The normalized spacial score (nSPS) is 11.2. The number of hydrogen-bond acceptors (Lipinski definition) is 1. The monoisotopic (exact) mass is 322 g/mol. The molecule has 2 aromatic carbocycles. The summed E-state index contributed by atoms with van der Waals surface area (Å²) in [5.74, 6) is 1.08. The summed E-state index contributed by atoms with van der Waals surface area (Å²) in [5, 5.41) is 0.788. The van der Waals surface area contributed by atoms with Gasteiger partial charge in [-0.15, -0.1) is 0 Å². The van der Waals surface area contributed by atoms with E-state index < -0.39 is 0 Å². The zero-order valence-corrected chi connectivity index (χ0v) is 13.9. The minimum Gasteiger partial charge on any atom is -0.330 e. The largest absolute Gasteiger partial charge is 0.330 e. The average molecular weight is 323 g/mol. The Kier molecular flexibility index (Phi) is 4.94. The standard InChI is InChI=1S/C20H19ClN2/c1-2-20-22-12-13-23(20)15-18-11-10-17(14-19(18)21)9-8-16-6-4-3-5-7-16/h3-14H,2,15H2,1H3/b9-8+. The van der Waals surface area contributed by atoms with Crippen LogP contribution in [-0.4, -0.2) is 9.55 Å². The molecule has 1 heterocycles. The summed E-state index contributed by atoms with van der Waals surface area (Å²) >= 11 is 6.46. The third-order valence-corrected chi connectivity index (χ3v) is 4.16. The lowest BCUT2D eigenvalue weighted by Gasteiger charge is -2.09. The van der Waals surface area contributed by atoms with E-state index >= 15 is 0 Å². The zero-order valence-electron chi connectivity index (χ0n) is 13.1. The van der Waals surface area contributed by atoms with Gasteiger partial charge in [0.05, 0.1) is 6.54 Å². The van der Waals surface area contributed by atoms with Crippen LogP contribution >= 0.6 is 11.6 Å². The summed E-state index contributed by atoms with van der Waals surface area (Å²) < 4.78 is 2.14. The van der Waals surface area contributed by atoms with E-state index in [0.717, 1.165) is 34.9 Å². The summed E-state index contributed by atoms with van der Waals surface area (Å²) in [6.07, 6.45) is 8.93. The van der Waals surface area contributed by atoms with E-state index in [1.54, 1.807) is 0 Å². The van der Waals surface area contributed by atoms with E-state index in [4.69, 9.17) is 11.6 Å². The molecule has 0 aliphatic heterocycles. The Bertz CT molecular complexity index is 804. The number of halogens is 1. The van der Waals surface area contributed by atoms with Crippen molar-refractivity contribution in [3.8, 4) is 0 Å². The van der Waals surface area contributed by atoms with Crippen molar-refractivity contribution >= 4 is 23.8 Å². The van der Waals surface area contributed by atoms with E-state index in [-0.39, 0.29) is 0 Å². The van der Waals surface area contributed by atoms with Gasteiger partial charge >= 0.3 is 0 Å². The first kappa shape index (κ1) is 15.6. The van der Waals surface area contributed by atoms with Gasteiger partial charge in [0.1, 0.15) is 5.82 Å². The molecule has 0 spiro atoms. The lowest BCUT2D eigenvalue weighted by Crippen LogP contribution is -2.03. The maximum atomic E-state index is 6.46. The minimum atomic E-state index is 0.755. The van der Waals surface area contributed by atoms with Gasteiger partial charge in [0.2, 0.25) is 0 Å². The average Bonchev–Trinajstić information content (AvgIpc) is 3.03. The van der Waals surface area contributed by atoms with Gasteiger partial charge in [-0.05, 0) is 22.8 Å². The van der Waals surface area contributed by atoms with E-state index in [1.165, 1.54) is 5.56 Å². The van der Waals surface area contributed by atoms with Gasteiger partial charge in [0.15, 0.2) is 0 Å². The number of nitrogens with zero attached hydrogens (tertiary/aromatic N) is 2. The molecule has 0 saturated carbocycles. The molecule has 0 N–H and O–H groups in total. The van der Waals surface area contributed by atoms with Gasteiger partial charge in [-0.3, -0.25) is 0 Å². The highest BCUT2D eigenvalue weighted by molar-refractivity contribution is 6.31. The molecular weight excluding hydrogens is 304 g/mol. The van der Waals surface area contributed by atoms with E-state index in [1.807, 2.05) is 36.7 Å². The molecule has 0 saturated heterocycles. The van der Waals surface area contributed by atoms with Gasteiger partial charge < -0.3 is 4.57 Å². The van der Waals surface area contributed by atoms with E-state index in [9.17, 15) is 0 Å². The second-order valence-electron chi connectivity index (χ2n) is 5.42. The summed E-state index contributed by atoms with van der Waals surface area (Å²) in [4.78, 5) is 4.35. The number of aromatic nitrogens is 2. The van der Waals surface area contributed by atoms with Gasteiger partial charge in [-0.25, -0.2) is 4.98 Å². The Morgan fingerprint density at radius 3 is 2.57 bits per heavy atom. The first-order valence-electron chi connectivity index (χ1n) is 7.78. The molecule has 2 nitrogen and oxygen atoms in total. The first-order chi connectivity index (χ1) is 11.3. The molecule has 3 rings (SSSR count). The Morgan fingerprint density at radius 2 is 1.83 bits per heavy atom. The predicted octanol–water partition coefficient (Wildman–Crippen LogP) is 5.32. The van der Waals surface area contributed by atoms with Crippen LogP contribution in [0.25, 0.3) is 12.2 Å². The summed E-state index contributed by atoms with van der Waals surface area (Å²) in [7, 11) is 0. The van der Waals surface area contributed by atoms with Gasteiger partial charge in [-0.1, -0.05) is 73.1 Å². The maximum Gasteiger partial charge on any atom is 0.108 e.